The molecule has 0 aromatic heterocycles. The number of carbonyl (C=O) groups is 1. The molecule has 0 atom stereocenters. The number of methoxy groups -OCH3 is 1. The van der Waals surface area contributed by atoms with Crippen molar-refractivity contribution < 1.29 is 9.53 Å². The van der Waals surface area contributed by atoms with Gasteiger partial charge in [0.1, 0.15) is 0 Å². The van der Waals surface area contributed by atoms with Crippen LogP contribution < -0.4 is 11.1 Å². The number of ether oxygens (including phenoxy) is 1. The van der Waals surface area contributed by atoms with Gasteiger partial charge in [-0.25, -0.2) is 0 Å². The zero-order valence-electron chi connectivity index (χ0n) is 9.53. The van der Waals surface area contributed by atoms with Crippen molar-refractivity contribution in [1.29, 1.82) is 0 Å². The molecule has 1 aliphatic carbocycles. The fourth-order valence-electron chi connectivity index (χ4n) is 1.69. The van der Waals surface area contributed by atoms with Gasteiger partial charge in [-0.05, 0) is 19.9 Å². The smallest absolute Gasteiger partial charge is 0.234 e. The maximum absolute atomic E-state index is 11.4. The second-order valence-electron chi connectivity index (χ2n) is 4.14. The highest BCUT2D eigenvalue weighted by atomic mass is 16.5. The molecular weight excluding hydrogens is 194 g/mol. The van der Waals surface area contributed by atoms with Crippen LogP contribution in [0.3, 0.4) is 0 Å². The fourth-order valence-corrected chi connectivity index (χ4v) is 1.69. The minimum atomic E-state index is 0.0509. The van der Waals surface area contributed by atoms with E-state index in [4.69, 9.17) is 10.5 Å². The van der Waals surface area contributed by atoms with Gasteiger partial charge in [0.25, 0.3) is 0 Å². The molecule has 1 rings (SSSR count). The Balaban J connectivity index is 2.09. The topological polar surface area (TPSA) is 67.6 Å². The third kappa shape index (κ3) is 4.15. The van der Waals surface area contributed by atoms with Gasteiger partial charge in [0.05, 0.1) is 13.2 Å². The highest BCUT2D eigenvalue weighted by Gasteiger charge is 2.29. The Morgan fingerprint density at radius 2 is 2.27 bits per heavy atom. The number of nitrogens with one attached hydrogen (secondary N) is 1. The molecule has 0 aromatic rings. The SMILES string of the molecule is COCCNC(=O)CN(C)C1CC(N)C1. The largest absolute Gasteiger partial charge is 0.383 e. The van der Waals surface area contributed by atoms with E-state index < -0.39 is 0 Å². The number of likely N-dealkylation sites (N-methyl/N-ethyl adjacent to an activating group) is 1. The quantitative estimate of drug-likeness (QED) is 0.568. The molecule has 88 valence electrons. The Morgan fingerprint density at radius 3 is 2.80 bits per heavy atom. The maximum Gasteiger partial charge on any atom is 0.234 e. The molecule has 0 heterocycles. The standard InChI is InChI=1S/C10H21N3O2/c1-13(9-5-8(11)6-9)7-10(14)12-3-4-15-2/h8-9H,3-7,11H2,1-2H3,(H,12,14). The Labute approximate surface area is 90.9 Å². The normalized spacial score (nSPS) is 25.1. The predicted octanol–water partition coefficient (Wildman–Crippen LogP) is -0.829. The lowest BCUT2D eigenvalue weighted by Crippen LogP contribution is -2.51. The lowest BCUT2D eigenvalue weighted by atomic mass is 9.86. The minimum absolute atomic E-state index is 0.0509. The summed E-state index contributed by atoms with van der Waals surface area (Å²) >= 11 is 0. The first-order valence-corrected chi connectivity index (χ1v) is 5.35. The van der Waals surface area contributed by atoms with Crippen molar-refractivity contribution in [3.05, 3.63) is 0 Å². The van der Waals surface area contributed by atoms with Gasteiger partial charge in [-0.3, -0.25) is 9.69 Å². The maximum atomic E-state index is 11.4. The van der Waals surface area contributed by atoms with Crippen LogP contribution in [-0.4, -0.2) is 56.7 Å². The van der Waals surface area contributed by atoms with Gasteiger partial charge in [0.15, 0.2) is 0 Å². The Kier molecular flexibility index (Phi) is 5.01. The van der Waals surface area contributed by atoms with E-state index in [2.05, 4.69) is 10.2 Å². The monoisotopic (exact) mass is 215 g/mol. The van der Waals surface area contributed by atoms with E-state index in [0.717, 1.165) is 12.8 Å². The minimum Gasteiger partial charge on any atom is -0.383 e. The van der Waals surface area contributed by atoms with Gasteiger partial charge in [-0.1, -0.05) is 0 Å². The number of rotatable bonds is 6. The van der Waals surface area contributed by atoms with Crippen LogP contribution in [0.25, 0.3) is 0 Å². The number of nitrogens with zero attached hydrogens (tertiary/aromatic N) is 1. The summed E-state index contributed by atoms with van der Waals surface area (Å²) in [6, 6.07) is 0.808. The Morgan fingerprint density at radius 1 is 1.60 bits per heavy atom. The predicted molar refractivity (Wildman–Crippen MR) is 58.5 cm³/mol. The van der Waals surface area contributed by atoms with Crippen LogP contribution in [0, 0.1) is 0 Å². The molecule has 0 spiro atoms. The van der Waals surface area contributed by atoms with Crippen LogP contribution in [-0.2, 0) is 9.53 Å². The Bertz CT molecular complexity index is 205. The van der Waals surface area contributed by atoms with Crippen molar-refractivity contribution in [2.75, 3.05) is 33.9 Å². The molecule has 0 unspecified atom stereocenters. The molecular formula is C10H21N3O2. The first kappa shape index (κ1) is 12.4. The molecule has 0 aromatic carbocycles. The molecule has 1 saturated carbocycles. The third-order valence-corrected chi connectivity index (χ3v) is 2.79. The summed E-state index contributed by atoms with van der Waals surface area (Å²) in [5.41, 5.74) is 5.69. The van der Waals surface area contributed by atoms with Crippen LogP contribution in [0.2, 0.25) is 0 Å². The van der Waals surface area contributed by atoms with Gasteiger partial charge >= 0.3 is 0 Å². The molecule has 15 heavy (non-hydrogen) atoms. The number of hydrogen-bond donors (Lipinski definition) is 2. The number of nitrogens with two attached hydrogens (primary N) is 1. The molecule has 0 bridgehead atoms. The lowest BCUT2D eigenvalue weighted by molar-refractivity contribution is -0.123. The number of hydrogen-bond acceptors (Lipinski definition) is 4. The molecule has 3 N–H and O–H groups in total. The van der Waals surface area contributed by atoms with E-state index in [1.165, 1.54) is 0 Å². The average Bonchev–Trinajstić information content (AvgIpc) is 2.13. The first-order chi connectivity index (χ1) is 7.13. The highest BCUT2D eigenvalue weighted by Crippen LogP contribution is 2.22. The van der Waals surface area contributed by atoms with E-state index in [1.54, 1.807) is 7.11 Å². The second-order valence-corrected chi connectivity index (χ2v) is 4.14. The molecule has 0 saturated heterocycles. The van der Waals surface area contributed by atoms with Crippen molar-refractivity contribution in [2.45, 2.75) is 24.9 Å². The van der Waals surface area contributed by atoms with E-state index in [9.17, 15) is 4.79 Å². The van der Waals surface area contributed by atoms with Crippen molar-refractivity contribution in [1.82, 2.24) is 10.2 Å². The van der Waals surface area contributed by atoms with E-state index in [1.807, 2.05) is 7.05 Å². The van der Waals surface area contributed by atoms with Crippen LogP contribution >= 0.6 is 0 Å². The van der Waals surface area contributed by atoms with E-state index in [-0.39, 0.29) is 5.91 Å². The summed E-state index contributed by atoms with van der Waals surface area (Å²) in [5.74, 6) is 0.0509. The molecule has 5 heteroatoms. The molecule has 0 aliphatic heterocycles. The van der Waals surface area contributed by atoms with Gasteiger partial charge in [-0.2, -0.15) is 0 Å². The molecule has 5 nitrogen and oxygen atoms in total. The summed E-state index contributed by atoms with van der Waals surface area (Å²) in [5, 5.41) is 2.79. The summed E-state index contributed by atoms with van der Waals surface area (Å²) in [6.07, 6.45) is 2.00. The summed E-state index contributed by atoms with van der Waals surface area (Å²) in [4.78, 5) is 13.5. The lowest BCUT2D eigenvalue weighted by Gasteiger charge is -2.38. The van der Waals surface area contributed by atoms with Crippen molar-refractivity contribution in [2.24, 2.45) is 5.73 Å². The molecule has 1 amide bonds. The van der Waals surface area contributed by atoms with Crippen LogP contribution in [0.5, 0.6) is 0 Å². The molecule has 1 fully saturated rings. The molecule has 0 radical (unpaired) electrons. The number of carbonyl (C=O) groups excluding carboxylic acids is 1. The Hall–Kier alpha value is -0.650. The van der Waals surface area contributed by atoms with Gasteiger partial charge < -0.3 is 15.8 Å². The van der Waals surface area contributed by atoms with Crippen molar-refractivity contribution in [3.63, 3.8) is 0 Å². The van der Waals surface area contributed by atoms with Crippen molar-refractivity contribution >= 4 is 5.91 Å². The van der Waals surface area contributed by atoms with E-state index in [0.29, 0.717) is 31.8 Å². The summed E-state index contributed by atoms with van der Waals surface area (Å²) in [7, 11) is 3.58. The zero-order valence-corrected chi connectivity index (χ0v) is 9.53. The highest BCUT2D eigenvalue weighted by molar-refractivity contribution is 5.78. The van der Waals surface area contributed by atoms with Crippen LogP contribution in [0.4, 0.5) is 0 Å². The number of amides is 1. The van der Waals surface area contributed by atoms with E-state index >= 15 is 0 Å². The second kappa shape index (κ2) is 6.05. The summed E-state index contributed by atoms with van der Waals surface area (Å²) in [6.45, 7) is 1.58. The zero-order chi connectivity index (χ0) is 11.3. The van der Waals surface area contributed by atoms with Gasteiger partial charge in [0, 0.05) is 25.7 Å². The third-order valence-electron chi connectivity index (χ3n) is 2.79. The van der Waals surface area contributed by atoms with Crippen molar-refractivity contribution in [3.8, 4) is 0 Å². The average molecular weight is 215 g/mol. The van der Waals surface area contributed by atoms with Gasteiger partial charge in [0.2, 0.25) is 5.91 Å². The first-order valence-electron chi connectivity index (χ1n) is 5.35. The van der Waals surface area contributed by atoms with Crippen LogP contribution in [0.15, 0.2) is 0 Å². The van der Waals surface area contributed by atoms with Gasteiger partial charge in [-0.15, -0.1) is 0 Å². The van der Waals surface area contributed by atoms with Crippen LogP contribution in [0.1, 0.15) is 12.8 Å². The molecule has 1 aliphatic rings. The fraction of sp³-hybridized carbons (Fsp3) is 0.900. The summed E-state index contributed by atoms with van der Waals surface area (Å²) < 4.78 is 4.85.